The van der Waals surface area contributed by atoms with Crippen LogP contribution in [0.2, 0.25) is 10.0 Å². The minimum Gasteiger partial charge on any atom is -0.495 e. The summed E-state index contributed by atoms with van der Waals surface area (Å²) in [4.78, 5) is 25.8. The Balaban J connectivity index is 1.64. The highest BCUT2D eigenvalue weighted by molar-refractivity contribution is 6.41. The molecule has 4 aromatic rings. The van der Waals surface area contributed by atoms with Crippen molar-refractivity contribution >= 4 is 62.8 Å². The van der Waals surface area contributed by atoms with Crippen LogP contribution in [0.3, 0.4) is 0 Å². The van der Waals surface area contributed by atoms with Gasteiger partial charge in [-0.1, -0.05) is 36.7 Å². The molecule has 0 unspecified atom stereocenters. The van der Waals surface area contributed by atoms with E-state index in [0.29, 0.717) is 50.0 Å². The van der Waals surface area contributed by atoms with Crippen molar-refractivity contribution in [1.82, 2.24) is 14.9 Å². The molecule has 0 atom stereocenters. The van der Waals surface area contributed by atoms with E-state index in [9.17, 15) is 4.79 Å². The van der Waals surface area contributed by atoms with E-state index in [1.165, 1.54) is 20.3 Å². The maximum atomic E-state index is 12.2. The maximum Gasteiger partial charge on any atom is 0.247 e. The zero-order valence-electron chi connectivity index (χ0n) is 24.3. The Bertz CT molecular complexity index is 1590. The van der Waals surface area contributed by atoms with Crippen molar-refractivity contribution in [2.45, 2.75) is 6.92 Å². The summed E-state index contributed by atoms with van der Waals surface area (Å²) in [5, 5.41) is 8.56. The summed E-state index contributed by atoms with van der Waals surface area (Å²) in [7, 11) is 7.16. The van der Waals surface area contributed by atoms with Gasteiger partial charge in [0.05, 0.1) is 41.3 Å². The van der Waals surface area contributed by atoms with Crippen molar-refractivity contribution in [3.63, 3.8) is 0 Å². The number of amides is 1. The zero-order valence-corrected chi connectivity index (χ0v) is 25.8. The lowest BCUT2D eigenvalue weighted by Gasteiger charge is -2.24. The van der Waals surface area contributed by atoms with Gasteiger partial charge in [0.1, 0.15) is 17.3 Å². The van der Waals surface area contributed by atoms with Crippen LogP contribution in [0.5, 0.6) is 11.5 Å². The van der Waals surface area contributed by atoms with E-state index >= 15 is 0 Å². The Kier molecular flexibility index (Phi) is 10.1. The van der Waals surface area contributed by atoms with Gasteiger partial charge in [0.2, 0.25) is 5.91 Å². The van der Waals surface area contributed by atoms with Gasteiger partial charge in [-0.05, 0) is 50.0 Å². The van der Waals surface area contributed by atoms with Gasteiger partial charge in [-0.25, -0.2) is 4.98 Å². The lowest BCUT2D eigenvalue weighted by molar-refractivity contribution is -0.111. The molecule has 0 saturated carbocycles. The molecule has 9 nitrogen and oxygen atoms in total. The van der Waals surface area contributed by atoms with Gasteiger partial charge < -0.3 is 29.9 Å². The summed E-state index contributed by atoms with van der Waals surface area (Å²) in [6.45, 7) is 8.44. The molecule has 42 heavy (non-hydrogen) atoms. The summed E-state index contributed by atoms with van der Waals surface area (Å²) in [5.74, 6) is 1.13. The van der Waals surface area contributed by atoms with Gasteiger partial charge in [0.25, 0.3) is 0 Å². The van der Waals surface area contributed by atoms with Crippen LogP contribution in [0.4, 0.5) is 22.9 Å². The van der Waals surface area contributed by atoms with Crippen LogP contribution in [-0.4, -0.2) is 68.7 Å². The molecule has 2 aromatic heterocycles. The van der Waals surface area contributed by atoms with Crippen LogP contribution in [0.15, 0.2) is 61.4 Å². The molecule has 0 fully saturated rings. The number of nitrogens with zero attached hydrogens (tertiary/aromatic N) is 4. The summed E-state index contributed by atoms with van der Waals surface area (Å²) in [6.07, 6.45) is 4.70. The number of pyridine rings is 2. The number of methoxy groups -OCH3 is 2. The van der Waals surface area contributed by atoms with E-state index in [1.54, 1.807) is 18.5 Å². The first-order chi connectivity index (χ1) is 20.2. The molecule has 11 heteroatoms. The van der Waals surface area contributed by atoms with Gasteiger partial charge in [-0.15, -0.1) is 0 Å². The smallest absolute Gasteiger partial charge is 0.247 e. The van der Waals surface area contributed by atoms with Crippen molar-refractivity contribution < 1.29 is 14.3 Å². The molecule has 0 bridgehead atoms. The Labute approximate surface area is 256 Å². The topological polar surface area (TPSA) is 91.9 Å². The number of benzene rings is 2. The molecule has 0 aliphatic heterocycles. The summed E-state index contributed by atoms with van der Waals surface area (Å²) >= 11 is 13.2. The third-order valence-corrected chi connectivity index (χ3v) is 7.69. The number of halogens is 2. The van der Waals surface area contributed by atoms with Crippen LogP contribution in [0.1, 0.15) is 6.92 Å². The van der Waals surface area contributed by atoms with Crippen molar-refractivity contribution in [2.24, 2.45) is 0 Å². The molecule has 2 N–H and O–H groups in total. The number of fused-ring (bicyclic) bond motifs is 1. The van der Waals surface area contributed by atoms with E-state index in [2.05, 4.69) is 51.0 Å². The van der Waals surface area contributed by atoms with Crippen molar-refractivity contribution in [3.05, 3.63) is 71.5 Å². The largest absolute Gasteiger partial charge is 0.495 e. The third-order valence-electron chi connectivity index (χ3n) is 6.94. The zero-order chi connectivity index (χ0) is 30.4. The fourth-order valence-corrected chi connectivity index (χ4v) is 4.96. The number of hydrogen-bond donors (Lipinski definition) is 2. The molecule has 0 radical (unpaired) electrons. The lowest BCUT2D eigenvalue weighted by Crippen LogP contribution is -2.30. The SMILES string of the molecule is C=CC(=O)Nc1cc(N(C)CCN(C)CC)ccc1Nc1cc2cnc(-c3c(Cl)c(OC)cc(OC)c3Cl)cc2cn1. The van der Waals surface area contributed by atoms with E-state index < -0.39 is 0 Å². The molecule has 220 valence electrons. The van der Waals surface area contributed by atoms with Crippen molar-refractivity contribution in [1.29, 1.82) is 0 Å². The minimum atomic E-state index is -0.307. The molecule has 1 amide bonds. The maximum absolute atomic E-state index is 12.2. The van der Waals surface area contributed by atoms with Gasteiger partial charge in [-0.3, -0.25) is 9.78 Å². The average molecular weight is 610 g/mol. The predicted octanol–water partition coefficient (Wildman–Crippen LogP) is 6.88. The Morgan fingerprint density at radius 2 is 1.62 bits per heavy atom. The van der Waals surface area contributed by atoms with E-state index in [4.69, 9.17) is 32.7 Å². The van der Waals surface area contributed by atoms with E-state index in [1.807, 2.05) is 37.4 Å². The summed E-state index contributed by atoms with van der Waals surface area (Å²) in [6, 6.07) is 11.2. The molecular formula is C31H34Cl2N6O3. The minimum absolute atomic E-state index is 0.307. The molecule has 0 aliphatic carbocycles. The highest BCUT2D eigenvalue weighted by atomic mass is 35.5. The van der Waals surface area contributed by atoms with Crippen molar-refractivity contribution in [2.75, 3.05) is 63.5 Å². The molecular weight excluding hydrogens is 575 g/mol. The quantitative estimate of drug-likeness (QED) is 0.168. The summed E-state index contributed by atoms with van der Waals surface area (Å²) in [5.41, 5.74) is 3.33. The van der Waals surface area contributed by atoms with Gasteiger partial charge in [0.15, 0.2) is 0 Å². The Morgan fingerprint density at radius 1 is 0.952 bits per heavy atom. The molecule has 2 heterocycles. The number of ether oxygens (including phenoxy) is 2. The second kappa shape index (κ2) is 13.7. The van der Waals surface area contributed by atoms with Gasteiger partial charge in [-0.2, -0.15) is 0 Å². The molecule has 4 rings (SSSR count). The Morgan fingerprint density at radius 3 is 2.26 bits per heavy atom. The molecule has 0 aliphatic rings. The number of hydrogen-bond acceptors (Lipinski definition) is 8. The fraction of sp³-hybridized carbons (Fsp3) is 0.258. The third kappa shape index (κ3) is 6.87. The number of anilines is 4. The number of likely N-dealkylation sites (N-methyl/N-ethyl adjacent to an activating group) is 2. The van der Waals surface area contributed by atoms with Gasteiger partial charge >= 0.3 is 0 Å². The number of carbonyl (C=O) groups excluding carboxylic acids is 1. The number of aromatic nitrogens is 2. The molecule has 2 aromatic carbocycles. The normalized spacial score (nSPS) is 11.0. The van der Waals surface area contributed by atoms with Crippen LogP contribution >= 0.6 is 23.2 Å². The summed E-state index contributed by atoms with van der Waals surface area (Å²) < 4.78 is 10.8. The first-order valence-corrected chi connectivity index (χ1v) is 14.0. The Hall–Kier alpha value is -4.05. The second-order valence-corrected chi connectivity index (χ2v) is 10.4. The van der Waals surface area contributed by atoms with Crippen LogP contribution < -0.4 is 25.0 Å². The molecule has 0 spiro atoms. The average Bonchev–Trinajstić information content (AvgIpc) is 3.00. The van der Waals surface area contributed by atoms with Gasteiger partial charge in [0, 0.05) is 60.6 Å². The number of rotatable bonds is 12. The monoisotopic (exact) mass is 608 g/mol. The fourth-order valence-electron chi connectivity index (χ4n) is 4.26. The second-order valence-electron chi connectivity index (χ2n) is 9.64. The lowest BCUT2D eigenvalue weighted by atomic mass is 10.1. The van der Waals surface area contributed by atoms with Crippen LogP contribution in [-0.2, 0) is 4.79 Å². The number of nitrogens with one attached hydrogen (secondary N) is 2. The van der Waals surface area contributed by atoms with Crippen LogP contribution in [0.25, 0.3) is 22.0 Å². The van der Waals surface area contributed by atoms with E-state index in [-0.39, 0.29) is 5.91 Å². The first kappa shape index (κ1) is 30.9. The van der Waals surface area contributed by atoms with E-state index in [0.717, 1.165) is 36.1 Å². The van der Waals surface area contributed by atoms with Crippen LogP contribution in [0, 0.1) is 0 Å². The predicted molar refractivity (Wildman–Crippen MR) is 173 cm³/mol. The first-order valence-electron chi connectivity index (χ1n) is 13.3. The molecule has 0 saturated heterocycles. The standard InChI is InChI=1S/C31H34Cl2N6O3/c1-7-28(40)37-23-15-21(39(4)12-11-38(3)8-2)9-10-22(23)36-27-14-20-17-34-24(13-19(20)18-35-27)29-30(32)25(41-5)16-26(42-6)31(29)33/h7,9-10,13-18H,1,8,11-12H2,2-6H3,(H,35,36)(H,37,40). The number of carbonyl (C=O) groups is 1. The van der Waals surface area contributed by atoms with Crippen molar-refractivity contribution in [3.8, 4) is 22.8 Å². The highest BCUT2D eigenvalue weighted by Gasteiger charge is 2.20. The highest BCUT2D eigenvalue weighted by Crippen LogP contribution is 2.45.